The lowest BCUT2D eigenvalue weighted by Gasteiger charge is -2.15. The van der Waals surface area contributed by atoms with E-state index in [1.165, 1.54) is 12.2 Å². The fourth-order valence-corrected chi connectivity index (χ4v) is 1.13. The number of carbonyl (C=O) groups is 2. The summed E-state index contributed by atoms with van der Waals surface area (Å²) in [4.78, 5) is 23.2. The van der Waals surface area contributed by atoms with Gasteiger partial charge in [0.05, 0.1) is 6.10 Å². The van der Waals surface area contributed by atoms with Crippen molar-refractivity contribution in [3.63, 3.8) is 0 Å². The lowest BCUT2D eigenvalue weighted by Crippen LogP contribution is -2.32. The highest BCUT2D eigenvalue weighted by molar-refractivity contribution is 6.12. The van der Waals surface area contributed by atoms with Gasteiger partial charge in [-0.15, -0.1) is 0 Å². The number of hydrogen-bond donors (Lipinski definition) is 1. The van der Waals surface area contributed by atoms with Gasteiger partial charge in [-0.3, -0.25) is 14.5 Å². The highest BCUT2D eigenvalue weighted by Gasteiger charge is 2.23. The summed E-state index contributed by atoms with van der Waals surface area (Å²) >= 11 is 0. The van der Waals surface area contributed by atoms with E-state index in [1.807, 2.05) is 6.92 Å². The fourth-order valence-electron chi connectivity index (χ4n) is 1.13. The highest BCUT2D eigenvalue weighted by atomic mass is 16.3. The van der Waals surface area contributed by atoms with Crippen LogP contribution in [0.4, 0.5) is 0 Å². The minimum atomic E-state index is -0.429. The SMILES string of the molecule is CCC(O)CCN1C(=O)C=CC1=O. The van der Waals surface area contributed by atoms with Gasteiger partial charge in [0.1, 0.15) is 0 Å². The lowest BCUT2D eigenvalue weighted by molar-refractivity contribution is -0.137. The first-order valence-corrected chi connectivity index (χ1v) is 4.36. The number of imide groups is 1. The van der Waals surface area contributed by atoms with Crippen molar-refractivity contribution in [3.8, 4) is 0 Å². The van der Waals surface area contributed by atoms with E-state index >= 15 is 0 Å². The summed E-state index contributed by atoms with van der Waals surface area (Å²) in [6, 6.07) is 0. The Morgan fingerprint density at radius 2 is 1.92 bits per heavy atom. The Kier molecular flexibility index (Phi) is 3.19. The van der Waals surface area contributed by atoms with Crippen LogP contribution in [0.2, 0.25) is 0 Å². The van der Waals surface area contributed by atoms with Gasteiger partial charge in [0.2, 0.25) is 0 Å². The van der Waals surface area contributed by atoms with Crippen LogP contribution in [0, 0.1) is 0 Å². The Hall–Kier alpha value is -1.16. The Morgan fingerprint density at radius 3 is 2.38 bits per heavy atom. The topological polar surface area (TPSA) is 57.6 Å². The maximum atomic E-state index is 11.0. The summed E-state index contributed by atoms with van der Waals surface area (Å²) in [5, 5.41) is 9.22. The number of nitrogens with zero attached hydrogens (tertiary/aromatic N) is 1. The molecule has 1 aliphatic heterocycles. The average molecular weight is 183 g/mol. The number of carbonyl (C=O) groups excluding carboxylic acids is 2. The Balaban J connectivity index is 2.38. The molecule has 4 nitrogen and oxygen atoms in total. The molecule has 1 atom stereocenters. The van der Waals surface area contributed by atoms with E-state index in [0.29, 0.717) is 19.4 Å². The molecule has 0 aromatic rings. The molecule has 0 aromatic carbocycles. The summed E-state index contributed by atoms with van der Waals surface area (Å²) in [6.45, 7) is 2.16. The highest BCUT2D eigenvalue weighted by Crippen LogP contribution is 2.06. The summed E-state index contributed by atoms with van der Waals surface area (Å²) in [6.07, 6.45) is 3.17. The van der Waals surface area contributed by atoms with Gasteiger partial charge in [0, 0.05) is 18.7 Å². The maximum absolute atomic E-state index is 11.0. The molecule has 13 heavy (non-hydrogen) atoms. The molecule has 2 amide bonds. The monoisotopic (exact) mass is 183 g/mol. The Bertz CT molecular complexity index is 229. The third-order valence-electron chi connectivity index (χ3n) is 2.06. The van der Waals surface area contributed by atoms with E-state index in [2.05, 4.69) is 0 Å². The van der Waals surface area contributed by atoms with Crippen LogP contribution in [0.3, 0.4) is 0 Å². The molecule has 0 bridgehead atoms. The molecular weight excluding hydrogens is 170 g/mol. The predicted molar refractivity (Wildman–Crippen MR) is 46.8 cm³/mol. The zero-order valence-corrected chi connectivity index (χ0v) is 7.56. The molecule has 1 aliphatic rings. The van der Waals surface area contributed by atoms with E-state index in [9.17, 15) is 14.7 Å². The molecule has 0 aromatic heterocycles. The second-order valence-corrected chi connectivity index (χ2v) is 3.01. The third-order valence-corrected chi connectivity index (χ3v) is 2.06. The first kappa shape index (κ1) is 9.92. The van der Waals surface area contributed by atoms with Crippen LogP contribution in [0.25, 0.3) is 0 Å². The fraction of sp³-hybridized carbons (Fsp3) is 0.556. The molecule has 4 heteroatoms. The zero-order valence-electron chi connectivity index (χ0n) is 7.56. The van der Waals surface area contributed by atoms with Gasteiger partial charge < -0.3 is 5.11 Å². The van der Waals surface area contributed by atoms with Gasteiger partial charge in [-0.1, -0.05) is 6.92 Å². The quantitative estimate of drug-likeness (QED) is 0.627. The van der Waals surface area contributed by atoms with Crippen LogP contribution in [0.1, 0.15) is 19.8 Å². The van der Waals surface area contributed by atoms with Crippen molar-refractivity contribution >= 4 is 11.8 Å². The van der Waals surface area contributed by atoms with E-state index in [1.54, 1.807) is 0 Å². The number of rotatable bonds is 4. The van der Waals surface area contributed by atoms with Gasteiger partial charge >= 0.3 is 0 Å². The van der Waals surface area contributed by atoms with Crippen molar-refractivity contribution in [1.29, 1.82) is 0 Å². The lowest BCUT2D eigenvalue weighted by atomic mass is 10.2. The molecular formula is C9H13NO3. The molecule has 1 unspecified atom stereocenters. The van der Waals surface area contributed by atoms with E-state index in [0.717, 1.165) is 4.90 Å². The zero-order chi connectivity index (χ0) is 9.84. The summed E-state index contributed by atoms with van der Waals surface area (Å²) in [7, 11) is 0. The van der Waals surface area contributed by atoms with Crippen molar-refractivity contribution < 1.29 is 14.7 Å². The summed E-state index contributed by atoms with van der Waals surface area (Å²) in [5.41, 5.74) is 0. The van der Waals surface area contributed by atoms with Gasteiger partial charge in [0.15, 0.2) is 0 Å². The molecule has 72 valence electrons. The molecule has 1 N–H and O–H groups in total. The number of aliphatic hydroxyl groups excluding tert-OH is 1. The van der Waals surface area contributed by atoms with E-state index in [-0.39, 0.29) is 11.8 Å². The molecule has 1 rings (SSSR count). The van der Waals surface area contributed by atoms with Gasteiger partial charge in [-0.05, 0) is 12.8 Å². The summed E-state index contributed by atoms with van der Waals surface area (Å²) < 4.78 is 0. The number of amides is 2. The molecule has 0 fully saturated rings. The third kappa shape index (κ3) is 2.39. The molecule has 0 aliphatic carbocycles. The minimum Gasteiger partial charge on any atom is -0.393 e. The van der Waals surface area contributed by atoms with E-state index in [4.69, 9.17) is 0 Å². The molecule has 0 saturated carbocycles. The molecule has 0 spiro atoms. The second-order valence-electron chi connectivity index (χ2n) is 3.01. The smallest absolute Gasteiger partial charge is 0.253 e. The largest absolute Gasteiger partial charge is 0.393 e. The van der Waals surface area contributed by atoms with Crippen LogP contribution >= 0.6 is 0 Å². The average Bonchev–Trinajstić information content (AvgIpc) is 2.43. The minimum absolute atomic E-state index is 0.284. The van der Waals surface area contributed by atoms with Crippen LogP contribution in [0.5, 0.6) is 0 Å². The van der Waals surface area contributed by atoms with Gasteiger partial charge in [-0.25, -0.2) is 0 Å². The van der Waals surface area contributed by atoms with Crippen molar-refractivity contribution in [2.75, 3.05) is 6.54 Å². The van der Waals surface area contributed by atoms with Crippen molar-refractivity contribution in [1.82, 2.24) is 4.90 Å². The summed E-state index contributed by atoms with van der Waals surface area (Å²) in [5.74, 6) is -0.568. The first-order chi connectivity index (χ1) is 6.15. The molecule has 0 saturated heterocycles. The first-order valence-electron chi connectivity index (χ1n) is 4.36. The van der Waals surface area contributed by atoms with Crippen LogP contribution in [0.15, 0.2) is 12.2 Å². The van der Waals surface area contributed by atoms with Gasteiger partial charge in [-0.2, -0.15) is 0 Å². The Labute approximate surface area is 76.8 Å². The maximum Gasteiger partial charge on any atom is 0.253 e. The second kappa shape index (κ2) is 4.18. The van der Waals surface area contributed by atoms with Gasteiger partial charge in [0.25, 0.3) is 11.8 Å². The van der Waals surface area contributed by atoms with Crippen molar-refractivity contribution in [3.05, 3.63) is 12.2 Å². The van der Waals surface area contributed by atoms with Crippen molar-refractivity contribution in [2.45, 2.75) is 25.9 Å². The number of aliphatic hydroxyl groups is 1. The molecule has 1 heterocycles. The van der Waals surface area contributed by atoms with Crippen LogP contribution in [-0.4, -0.2) is 34.5 Å². The Morgan fingerprint density at radius 1 is 1.38 bits per heavy atom. The molecule has 0 radical (unpaired) electrons. The predicted octanol–water partition coefficient (Wildman–Crippen LogP) is 0.0724. The number of hydrogen-bond acceptors (Lipinski definition) is 3. The standard InChI is InChI=1S/C9H13NO3/c1-2-7(11)5-6-10-8(12)3-4-9(10)13/h3-4,7,11H,2,5-6H2,1H3. The van der Waals surface area contributed by atoms with E-state index < -0.39 is 6.10 Å². The van der Waals surface area contributed by atoms with Crippen LogP contribution < -0.4 is 0 Å². The van der Waals surface area contributed by atoms with Crippen molar-refractivity contribution in [2.24, 2.45) is 0 Å². The van der Waals surface area contributed by atoms with Crippen LogP contribution in [-0.2, 0) is 9.59 Å². The normalized spacial score (nSPS) is 18.5.